The number of nitrogens with two attached hydrogens (primary N) is 1. The standard InChI is InChI=1S/C14H13N5O2S2/c15-5-8-7-2-1-3-9(7)23-13(8)18-12(21)6-22-14-17-10(16)4-11(20)19-14/h4H,1-3,6H2,(H,18,21)(H3,16,17,19,20). The van der Waals surface area contributed by atoms with Gasteiger partial charge in [-0.2, -0.15) is 5.26 Å². The zero-order chi connectivity index (χ0) is 16.4. The fourth-order valence-electron chi connectivity index (χ4n) is 2.43. The van der Waals surface area contributed by atoms with E-state index >= 15 is 0 Å². The first-order chi connectivity index (χ1) is 11.1. The molecule has 0 fully saturated rings. The molecule has 118 valence electrons. The maximum absolute atomic E-state index is 12.1. The van der Waals surface area contributed by atoms with Crippen molar-refractivity contribution in [2.75, 3.05) is 16.8 Å². The number of aryl methyl sites for hydroxylation is 1. The minimum Gasteiger partial charge on any atom is -0.383 e. The Labute approximate surface area is 139 Å². The molecule has 2 aromatic rings. The highest BCUT2D eigenvalue weighted by atomic mass is 32.2. The van der Waals surface area contributed by atoms with Gasteiger partial charge in [-0.15, -0.1) is 11.3 Å². The number of H-pyrrole nitrogens is 1. The summed E-state index contributed by atoms with van der Waals surface area (Å²) in [6.45, 7) is 0. The van der Waals surface area contributed by atoms with Crippen LogP contribution in [0.5, 0.6) is 0 Å². The van der Waals surface area contributed by atoms with E-state index in [1.807, 2.05) is 0 Å². The van der Waals surface area contributed by atoms with Crippen LogP contribution in [0.1, 0.15) is 22.4 Å². The first-order valence-electron chi connectivity index (χ1n) is 6.91. The Bertz CT molecular complexity index is 865. The number of nitrogens with zero attached hydrogens (tertiary/aromatic N) is 2. The first-order valence-corrected chi connectivity index (χ1v) is 8.71. The molecule has 2 heterocycles. The van der Waals surface area contributed by atoms with Crippen LogP contribution in [0.15, 0.2) is 16.0 Å². The largest absolute Gasteiger partial charge is 0.383 e. The Morgan fingerprint density at radius 3 is 3.13 bits per heavy atom. The molecule has 0 unspecified atom stereocenters. The van der Waals surface area contributed by atoms with E-state index in [0.29, 0.717) is 15.7 Å². The van der Waals surface area contributed by atoms with Crippen LogP contribution >= 0.6 is 23.1 Å². The molecule has 0 saturated carbocycles. The minimum atomic E-state index is -0.359. The molecule has 0 aromatic carbocycles. The lowest BCUT2D eigenvalue weighted by atomic mass is 10.1. The molecule has 1 aliphatic rings. The van der Waals surface area contributed by atoms with E-state index in [9.17, 15) is 14.9 Å². The van der Waals surface area contributed by atoms with E-state index in [0.717, 1.165) is 36.6 Å². The first kappa shape index (κ1) is 15.6. The van der Waals surface area contributed by atoms with Gasteiger partial charge in [0.05, 0.1) is 11.3 Å². The van der Waals surface area contributed by atoms with Gasteiger partial charge in [0.25, 0.3) is 5.56 Å². The zero-order valence-electron chi connectivity index (χ0n) is 12.0. The zero-order valence-corrected chi connectivity index (χ0v) is 13.6. The van der Waals surface area contributed by atoms with Crippen LogP contribution in [0, 0.1) is 11.3 Å². The van der Waals surface area contributed by atoms with Gasteiger partial charge in [-0.05, 0) is 24.8 Å². The second-order valence-corrected chi connectivity index (χ2v) is 7.05. The van der Waals surface area contributed by atoms with Crippen LogP contribution in [0.3, 0.4) is 0 Å². The summed E-state index contributed by atoms with van der Waals surface area (Å²) in [5.41, 5.74) is 6.78. The Balaban J connectivity index is 1.66. The monoisotopic (exact) mass is 347 g/mol. The predicted octanol–water partition coefficient (Wildman–Crippen LogP) is 1.50. The van der Waals surface area contributed by atoms with Crippen molar-refractivity contribution in [2.45, 2.75) is 24.4 Å². The normalized spacial score (nSPS) is 12.7. The Kier molecular flexibility index (Phi) is 4.36. The van der Waals surface area contributed by atoms with E-state index in [-0.39, 0.29) is 23.0 Å². The average molecular weight is 347 g/mol. The maximum atomic E-state index is 12.1. The molecular formula is C14H13N5O2S2. The van der Waals surface area contributed by atoms with Crippen LogP contribution < -0.4 is 16.6 Å². The number of hydrogen-bond acceptors (Lipinski definition) is 7. The minimum absolute atomic E-state index is 0.0693. The third kappa shape index (κ3) is 3.38. The molecule has 3 rings (SSSR count). The van der Waals surface area contributed by atoms with Crippen LogP contribution in [-0.2, 0) is 17.6 Å². The molecule has 0 saturated heterocycles. The molecule has 7 nitrogen and oxygen atoms in total. The second kappa shape index (κ2) is 6.44. The highest BCUT2D eigenvalue weighted by Gasteiger charge is 2.23. The number of anilines is 2. The van der Waals surface area contributed by atoms with Crippen molar-refractivity contribution in [3.63, 3.8) is 0 Å². The number of aromatic nitrogens is 2. The number of thioether (sulfide) groups is 1. The number of nitrogen functional groups attached to an aromatic ring is 1. The van der Waals surface area contributed by atoms with Crippen LogP contribution in [0.4, 0.5) is 10.8 Å². The summed E-state index contributed by atoms with van der Waals surface area (Å²) in [7, 11) is 0. The molecular weight excluding hydrogens is 334 g/mol. The molecule has 1 amide bonds. The summed E-state index contributed by atoms with van der Waals surface area (Å²) in [5.74, 6) is -0.0746. The van der Waals surface area contributed by atoms with E-state index in [1.165, 1.54) is 22.3 Å². The summed E-state index contributed by atoms with van der Waals surface area (Å²) in [5, 5.41) is 13.0. The van der Waals surface area contributed by atoms with Gasteiger partial charge in [0.1, 0.15) is 16.9 Å². The van der Waals surface area contributed by atoms with Gasteiger partial charge in [-0.3, -0.25) is 9.59 Å². The number of carbonyl (C=O) groups excluding carboxylic acids is 1. The van der Waals surface area contributed by atoms with Gasteiger partial charge in [-0.25, -0.2) is 4.98 Å². The van der Waals surface area contributed by atoms with Gasteiger partial charge in [0.2, 0.25) is 5.91 Å². The van der Waals surface area contributed by atoms with Crippen molar-refractivity contribution in [1.29, 1.82) is 5.26 Å². The average Bonchev–Trinajstić information content (AvgIpc) is 3.04. The van der Waals surface area contributed by atoms with E-state index in [4.69, 9.17) is 5.73 Å². The lowest BCUT2D eigenvalue weighted by Gasteiger charge is -2.04. The van der Waals surface area contributed by atoms with Gasteiger partial charge in [-0.1, -0.05) is 11.8 Å². The summed E-state index contributed by atoms with van der Waals surface area (Å²) in [6, 6.07) is 3.36. The van der Waals surface area contributed by atoms with Crippen molar-refractivity contribution in [2.24, 2.45) is 0 Å². The fraction of sp³-hybridized carbons (Fsp3) is 0.286. The molecule has 23 heavy (non-hydrogen) atoms. The van der Waals surface area contributed by atoms with E-state index in [2.05, 4.69) is 21.4 Å². The number of fused-ring (bicyclic) bond motifs is 1. The molecule has 9 heteroatoms. The molecule has 2 aromatic heterocycles. The van der Waals surface area contributed by atoms with Gasteiger partial charge < -0.3 is 16.0 Å². The predicted molar refractivity (Wildman–Crippen MR) is 89.7 cm³/mol. The van der Waals surface area contributed by atoms with Crippen molar-refractivity contribution in [3.05, 3.63) is 32.4 Å². The third-order valence-electron chi connectivity index (χ3n) is 3.37. The maximum Gasteiger partial charge on any atom is 0.253 e. The van der Waals surface area contributed by atoms with Crippen LogP contribution in [0.25, 0.3) is 0 Å². The fourth-order valence-corrected chi connectivity index (χ4v) is 4.37. The number of nitriles is 1. The number of thiophene rings is 1. The van der Waals surface area contributed by atoms with Gasteiger partial charge in [0, 0.05) is 10.9 Å². The van der Waals surface area contributed by atoms with Crippen LogP contribution in [0.2, 0.25) is 0 Å². The van der Waals surface area contributed by atoms with Crippen molar-refractivity contribution < 1.29 is 4.79 Å². The molecule has 4 N–H and O–H groups in total. The third-order valence-corrected chi connectivity index (χ3v) is 5.45. The highest BCUT2D eigenvalue weighted by molar-refractivity contribution is 7.99. The number of nitrogens with one attached hydrogen (secondary N) is 2. The topological polar surface area (TPSA) is 125 Å². The molecule has 0 aliphatic heterocycles. The number of hydrogen-bond donors (Lipinski definition) is 3. The SMILES string of the molecule is N#Cc1c(NC(=O)CSc2nc(N)cc(=O)[nH]2)sc2c1CCC2. The summed E-state index contributed by atoms with van der Waals surface area (Å²) in [4.78, 5) is 31.0. The molecule has 0 bridgehead atoms. The smallest absolute Gasteiger partial charge is 0.253 e. The second-order valence-electron chi connectivity index (χ2n) is 4.99. The Morgan fingerprint density at radius 1 is 1.57 bits per heavy atom. The molecule has 0 spiro atoms. The number of rotatable bonds is 4. The number of aromatic amines is 1. The lowest BCUT2D eigenvalue weighted by Crippen LogP contribution is -2.15. The van der Waals surface area contributed by atoms with Crippen molar-refractivity contribution >= 4 is 39.8 Å². The van der Waals surface area contributed by atoms with Crippen LogP contribution in [-0.4, -0.2) is 21.6 Å². The van der Waals surface area contributed by atoms with E-state index in [1.54, 1.807) is 0 Å². The summed E-state index contributed by atoms with van der Waals surface area (Å²) in [6.07, 6.45) is 2.93. The van der Waals surface area contributed by atoms with Gasteiger partial charge >= 0.3 is 0 Å². The Hall–Kier alpha value is -2.31. The number of amides is 1. The lowest BCUT2D eigenvalue weighted by molar-refractivity contribution is -0.113. The summed E-state index contributed by atoms with van der Waals surface area (Å²) < 4.78 is 0. The quantitative estimate of drug-likeness (QED) is 0.569. The van der Waals surface area contributed by atoms with Crippen molar-refractivity contribution in [3.8, 4) is 6.07 Å². The summed E-state index contributed by atoms with van der Waals surface area (Å²) >= 11 is 2.55. The molecule has 1 aliphatic carbocycles. The van der Waals surface area contributed by atoms with Gasteiger partial charge in [0.15, 0.2) is 5.16 Å². The Morgan fingerprint density at radius 2 is 2.39 bits per heavy atom. The van der Waals surface area contributed by atoms with Crippen molar-refractivity contribution in [1.82, 2.24) is 9.97 Å². The molecule has 0 radical (unpaired) electrons. The highest BCUT2D eigenvalue weighted by Crippen LogP contribution is 2.38. The molecule has 0 atom stereocenters. The van der Waals surface area contributed by atoms with E-state index < -0.39 is 0 Å². The number of carbonyl (C=O) groups is 1.